The minimum atomic E-state index is -4.38. The Bertz CT molecular complexity index is 592. The monoisotopic (exact) mass is 330 g/mol. The summed E-state index contributed by atoms with van der Waals surface area (Å²) in [6.07, 6.45) is -3.71. The van der Waals surface area contributed by atoms with Gasteiger partial charge in [0.1, 0.15) is 11.5 Å². The van der Waals surface area contributed by atoms with Gasteiger partial charge >= 0.3 is 6.18 Å². The highest BCUT2D eigenvalue weighted by Gasteiger charge is 2.32. The number of piperazine rings is 1. The van der Waals surface area contributed by atoms with Crippen LogP contribution >= 0.6 is 0 Å². The maximum absolute atomic E-state index is 12.2. The van der Waals surface area contributed by atoms with E-state index in [1.54, 1.807) is 11.0 Å². The maximum Gasteiger partial charge on any atom is 0.422 e. The largest absolute Gasteiger partial charge is 0.493 e. The minimum Gasteiger partial charge on any atom is -0.493 e. The number of hydrogen-bond acceptors (Lipinski definition) is 4. The molecule has 8 heteroatoms. The Kier molecular flexibility index (Phi) is 4.34. The van der Waals surface area contributed by atoms with E-state index in [1.807, 2.05) is 0 Å². The lowest BCUT2D eigenvalue weighted by atomic mass is 9.98. The van der Waals surface area contributed by atoms with Gasteiger partial charge in [0.25, 0.3) is 0 Å². The highest BCUT2D eigenvalue weighted by Crippen LogP contribution is 2.38. The zero-order valence-electron chi connectivity index (χ0n) is 12.4. The molecule has 1 N–H and O–H groups in total. The lowest BCUT2D eigenvalue weighted by molar-refractivity contribution is -0.153. The molecule has 0 aromatic heterocycles. The molecule has 1 aromatic rings. The van der Waals surface area contributed by atoms with Crippen molar-refractivity contribution in [2.45, 2.75) is 18.6 Å². The number of carbonyl (C=O) groups excluding carboxylic acids is 1. The summed E-state index contributed by atoms with van der Waals surface area (Å²) in [6.45, 7) is 0.711. The van der Waals surface area contributed by atoms with E-state index in [1.165, 1.54) is 12.1 Å². The second-order valence-electron chi connectivity index (χ2n) is 5.52. The molecule has 0 aliphatic carbocycles. The summed E-state index contributed by atoms with van der Waals surface area (Å²) in [5.41, 5.74) is 0.811. The molecule has 1 unspecified atom stereocenters. The Morgan fingerprint density at radius 2 is 2.22 bits per heavy atom. The third-order valence-corrected chi connectivity index (χ3v) is 3.90. The number of rotatable bonds is 3. The summed E-state index contributed by atoms with van der Waals surface area (Å²) in [7, 11) is 0. The van der Waals surface area contributed by atoms with E-state index in [4.69, 9.17) is 9.47 Å². The van der Waals surface area contributed by atoms with Crippen LogP contribution in [0.3, 0.4) is 0 Å². The lowest BCUT2D eigenvalue weighted by Crippen LogP contribution is -2.50. The van der Waals surface area contributed by atoms with Crippen molar-refractivity contribution < 1.29 is 27.4 Å². The smallest absolute Gasteiger partial charge is 0.422 e. The molecule has 5 nitrogen and oxygen atoms in total. The third-order valence-electron chi connectivity index (χ3n) is 3.90. The lowest BCUT2D eigenvalue weighted by Gasteiger charge is -2.38. The molecule has 126 valence electrons. The average molecular weight is 330 g/mol. The number of ether oxygens (including phenoxy) is 2. The van der Waals surface area contributed by atoms with Gasteiger partial charge in [-0.1, -0.05) is 0 Å². The fourth-order valence-corrected chi connectivity index (χ4v) is 2.88. The Morgan fingerprint density at radius 1 is 1.39 bits per heavy atom. The first-order valence-corrected chi connectivity index (χ1v) is 7.40. The Labute approximate surface area is 131 Å². The predicted octanol–water partition coefficient (Wildman–Crippen LogP) is 1.88. The first kappa shape index (κ1) is 15.9. The number of nitrogens with zero attached hydrogens (tertiary/aromatic N) is 1. The molecule has 3 rings (SSSR count). The first-order chi connectivity index (χ1) is 10.9. The normalized spacial score (nSPS) is 21.6. The summed E-state index contributed by atoms with van der Waals surface area (Å²) in [5.74, 6) is 0.604. The third kappa shape index (κ3) is 3.69. The van der Waals surface area contributed by atoms with Crippen molar-refractivity contribution in [3.8, 4) is 11.5 Å². The van der Waals surface area contributed by atoms with Gasteiger partial charge in [-0.2, -0.15) is 13.2 Å². The summed E-state index contributed by atoms with van der Waals surface area (Å²) >= 11 is 0. The highest BCUT2D eigenvalue weighted by atomic mass is 19.4. The SMILES string of the molecule is O=C1CNCCN1C1CCOc2cc(OCC(F)(F)F)ccc21. The molecule has 1 amide bonds. The number of halogens is 3. The van der Waals surface area contributed by atoms with Crippen LogP contribution in [-0.2, 0) is 4.79 Å². The van der Waals surface area contributed by atoms with Gasteiger partial charge in [-0.15, -0.1) is 0 Å². The number of benzene rings is 1. The van der Waals surface area contributed by atoms with Crippen molar-refractivity contribution in [3.63, 3.8) is 0 Å². The molecule has 2 heterocycles. The van der Waals surface area contributed by atoms with Gasteiger partial charge in [-0.25, -0.2) is 0 Å². The van der Waals surface area contributed by atoms with Gasteiger partial charge in [0.15, 0.2) is 6.61 Å². The van der Waals surface area contributed by atoms with Crippen LogP contribution in [0.5, 0.6) is 11.5 Å². The standard InChI is InChI=1S/C15H17F3N2O3/c16-15(17,18)9-23-10-1-2-11-12(3-6-22-13(11)7-10)20-5-4-19-8-14(20)21/h1-2,7,12,19H,3-6,8-9H2. The first-order valence-electron chi connectivity index (χ1n) is 7.40. The second kappa shape index (κ2) is 6.27. The summed E-state index contributed by atoms with van der Waals surface area (Å²) in [5, 5.41) is 3.02. The van der Waals surface area contributed by atoms with Crippen molar-refractivity contribution in [2.75, 3.05) is 32.8 Å². The summed E-state index contributed by atoms with van der Waals surface area (Å²) in [6, 6.07) is 4.52. The predicted molar refractivity (Wildman–Crippen MR) is 75.4 cm³/mol. The highest BCUT2D eigenvalue weighted by molar-refractivity contribution is 5.79. The minimum absolute atomic E-state index is 0.0199. The molecule has 1 fully saturated rings. The molecule has 1 saturated heterocycles. The quantitative estimate of drug-likeness (QED) is 0.919. The molecular weight excluding hydrogens is 313 g/mol. The fraction of sp³-hybridized carbons (Fsp3) is 0.533. The molecule has 0 radical (unpaired) electrons. The molecule has 23 heavy (non-hydrogen) atoms. The number of fused-ring (bicyclic) bond motifs is 1. The molecule has 1 aromatic carbocycles. The summed E-state index contributed by atoms with van der Waals surface area (Å²) < 4.78 is 46.9. The van der Waals surface area contributed by atoms with Crippen LogP contribution in [0.1, 0.15) is 18.0 Å². The van der Waals surface area contributed by atoms with Crippen LogP contribution in [0, 0.1) is 0 Å². The van der Waals surface area contributed by atoms with Gasteiger partial charge in [0, 0.05) is 31.1 Å². The van der Waals surface area contributed by atoms with Crippen molar-refractivity contribution in [2.24, 2.45) is 0 Å². The van der Waals surface area contributed by atoms with Crippen molar-refractivity contribution in [1.82, 2.24) is 10.2 Å². The van der Waals surface area contributed by atoms with Gasteiger partial charge in [-0.05, 0) is 12.1 Å². The van der Waals surface area contributed by atoms with E-state index in [0.717, 1.165) is 12.1 Å². The van der Waals surface area contributed by atoms with Crippen molar-refractivity contribution in [3.05, 3.63) is 23.8 Å². The van der Waals surface area contributed by atoms with Gasteiger partial charge < -0.3 is 19.7 Å². The zero-order valence-corrected chi connectivity index (χ0v) is 12.4. The van der Waals surface area contributed by atoms with E-state index in [-0.39, 0.29) is 17.7 Å². The summed E-state index contributed by atoms with van der Waals surface area (Å²) in [4.78, 5) is 13.9. The molecule has 0 bridgehead atoms. The van der Waals surface area contributed by atoms with E-state index in [2.05, 4.69) is 5.32 Å². The van der Waals surface area contributed by atoms with Crippen molar-refractivity contribution in [1.29, 1.82) is 0 Å². The second-order valence-corrected chi connectivity index (χ2v) is 5.52. The van der Waals surface area contributed by atoms with Gasteiger partial charge in [0.2, 0.25) is 5.91 Å². The van der Waals surface area contributed by atoms with Crippen molar-refractivity contribution >= 4 is 5.91 Å². The van der Waals surface area contributed by atoms with E-state index >= 15 is 0 Å². The molecule has 2 aliphatic rings. The number of carbonyl (C=O) groups is 1. The Morgan fingerprint density at radius 3 is 2.96 bits per heavy atom. The van der Waals surface area contributed by atoms with Crippen LogP contribution in [0.25, 0.3) is 0 Å². The number of nitrogens with one attached hydrogen (secondary N) is 1. The van der Waals surface area contributed by atoms with Gasteiger partial charge in [-0.3, -0.25) is 4.79 Å². The fourth-order valence-electron chi connectivity index (χ4n) is 2.88. The molecule has 0 saturated carbocycles. The van der Waals surface area contributed by atoms with Crippen LogP contribution in [0.2, 0.25) is 0 Å². The maximum atomic E-state index is 12.2. The molecule has 0 spiro atoms. The van der Waals surface area contributed by atoms with E-state index in [0.29, 0.717) is 31.9 Å². The molecule has 2 aliphatic heterocycles. The van der Waals surface area contributed by atoms with E-state index < -0.39 is 12.8 Å². The number of hydrogen-bond donors (Lipinski definition) is 1. The Balaban J connectivity index is 1.78. The zero-order chi connectivity index (χ0) is 16.4. The number of alkyl halides is 3. The molecular formula is C15H17F3N2O3. The van der Waals surface area contributed by atoms with E-state index in [9.17, 15) is 18.0 Å². The van der Waals surface area contributed by atoms with Gasteiger partial charge in [0.05, 0.1) is 19.2 Å². The molecule has 1 atom stereocenters. The Hall–Kier alpha value is -1.96. The van der Waals surface area contributed by atoms with Crippen LogP contribution in [-0.4, -0.2) is 49.8 Å². The van der Waals surface area contributed by atoms with Crippen LogP contribution in [0.15, 0.2) is 18.2 Å². The van der Waals surface area contributed by atoms with Crippen LogP contribution < -0.4 is 14.8 Å². The topological polar surface area (TPSA) is 50.8 Å². The average Bonchev–Trinajstić information content (AvgIpc) is 2.52. The van der Waals surface area contributed by atoms with Crippen LogP contribution in [0.4, 0.5) is 13.2 Å². The number of amides is 1.